The van der Waals surface area contributed by atoms with Gasteiger partial charge in [0.05, 0.1) is 6.54 Å². The quantitative estimate of drug-likeness (QED) is 0.616. The number of nitrogens with zero attached hydrogens (tertiary/aromatic N) is 2. The Labute approximate surface area is 85.0 Å². The highest BCUT2D eigenvalue weighted by Gasteiger charge is 2.43. The molecular formula is C10H19N3O. The SMILES string of the molecule is CN1CC2(CCN(C(=O)CN)CC2)C1. The third-order valence-electron chi connectivity index (χ3n) is 3.56. The zero-order valence-corrected chi connectivity index (χ0v) is 8.83. The normalized spacial score (nSPS) is 26.3. The highest BCUT2D eigenvalue weighted by atomic mass is 16.2. The number of rotatable bonds is 1. The summed E-state index contributed by atoms with van der Waals surface area (Å²) in [5, 5.41) is 0. The lowest BCUT2D eigenvalue weighted by atomic mass is 9.72. The van der Waals surface area contributed by atoms with E-state index in [2.05, 4.69) is 11.9 Å². The monoisotopic (exact) mass is 197 g/mol. The highest BCUT2D eigenvalue weighted by molar-refractivity contribution is 5.78. The van der Waals surface area contributed by atoms with Crippen LogP contribution in [-0.2, 0) is 4.79 Å². The van der Waals surface area contributed by atoms with E-state index in [4.69, 9.17) is 5.73 Å². The van der Waals surface area contributed by atoms with Crippen molar-refractivity contribution in [3.05, 3.63) is 0 Å². The van der Waals surface area contributed by atoms with Gasteiger partial charge in [-0.1, -0.05) is 0 Å². The van der Waals surface area contributed by atoms with Crippen LogP contribution in [0.3, 0.4) is 0 Å². The molecule has 4 heteroatoms. The van der Waals surface area contributed by atoms with Crippen LogP contribution in [0.4, 0.5) is 0 Å². The van der Waals surface area contributed by atoms with Crippen molar-refractivity contribution in [2.45, 2.75) is 12.8 Å². The third kappa shape index (κ3) is 1.64. The Morgan fingerprint density at radius 1 is 1.36 bits per heavy atom. The van der Waals surface area contributed by atoms with Crippen molar-refractivity contribution in [1.29, 1.82) is 0 Å². The predicted octanol–water partition coefficient (Wildman–Crippen LogP) is -0.501. The summed E-state index contributed by atoms with van der Waals surface area (Å²) in [4.78, 5) is 15.6. The summed E-state index contributed by atoms with van der Waals surface area (Å²) in [5.41, 5.74) is 5.87. The predicted molar refractivity (Wildman–Crippen MR) is 54.8 cm³/mol. The van der Waals surface area contributed by atoms with Gasteiger partial charge >= 0.3 is 0 Å². The van der Waals surface area contributed by atoms with Crippen molar-refractivity contribution in [3.8, 4) is 0 Å². The lowest BCUT2D eigenvalue weighted by Gasteiger charge is -2.52. The topological polar surface area (TPSA) is 49.6 Å². The summed E-state index contributed by atoms with van der Waals surface area (Å²) < 4.78 is 0. The largest absolute Gasteiger partial charge is 0.342 e. The van der Waals surface area contributed by atoms with Gasteiger partial charge in [-0.2, -0.15) is 0 Å². The van der Waals surface area contributed by atoms with Crippen molar-refractivity contribution in [3.63, 3.8) is 0 Å². The van der Waals surface area contributed by atoms with Crippen LogP contribution in [0, 0.1) is 5.41 Å². The van der Waals surface area contributed by atoms with E-state index in [1.165, 1.54) is 13.1 Å². The molecule has 0 radical (unpaired) electrons. The minimum atomic E-state index is 0.104. The maximum atomic E-state index is 11.3. The average molecular weight is 197 g/mol. The number of carbonyl (C=O) groups excluding carboxylic acids is 1. The highest BCUT2D eigenvalue weighted by Crippen LogP contribution is 2.39. The minimum absolute atomic E-state index is 0.104. The van der Waals surface area contributed by atoms with Gasteiger partial charge in [0.2, 0.25) is 5.91 Å². The van der Waals surface area contributed by atoms with E-state index >= 15 is 0 Å². The Morgan fingerprint density at radius 2 is 1.93 bits per heavy atom. The summed E-state index contributed by atoms with van der Waals surface area (Å²) in [7, 11) is 2.16. The summed E-state index contributed by atoms with van der Waals surface area (Å²) in [5.74, 6) is 0.104. The molecule has 1 amide bonds. The van der Waals surface area contributed by atoms with Gasteiger partial charge in [0.15, 0.2) is 0 Å². The fraction of sp³-hybridized carbons (Fsp3) is 0.900. The Kier molecular flexibility index (Phi) is 2.49. The Bertz CT molecular complexity index is 226. The Morgan fingerprint density at radius 3 is 2.36 bits per heavy atom. The average Bonchev–Trinajstić information content (AvgIpc) is 2.16. The van der Waals surface area contributed by atoms with E-state index < -0.39 is 0 Å². The molecule has 2 aliphatic heterocycles. The molecule has 4 nitrogen and oxygen atoms in total. The second-order valence-corrected chi connectivity index (χ2v) is 4.76. The molecule has 0 unspecified atom stereocenters. The van der Waals surface area contributed by atoms with Crippen LogP contribution in [0.15, 0.2) is 0 Å². The maximum absolute atomic E-state index is 11.3. The molecule has 0 aromatic carbocycles. The molecule has 0 saturated carbocycles. The molecule has 80 valence electrons. The molecule has 2 fully saturated rings. The van der Waals surface area contributed by atoms with Crippen LogP contribution in [0.5, 0.6) is 0 Å². The van der Waals surface area contributed by atoms with Crippen molar-refractivity contribution >= 4 is 5.91 Å². The molecule has 0 aromatic rings. The van der Waals surface area contributed by atoms with Gasteiger partial charge in [-0.05, 0) is 25.3 Å². The molecule has 2 rings (SSSR count). The van der Waals surface area contributed by atoms with Crippen LogP contribution in [0.2, 0.25) is 0 Å². The molecule has 1 spiro atoms. The summed E-state index contributed by atoms with van der Waals surface area (Å²) >= 11 is 0. The van der Waals surface area contributed by atoms with E-state index in [0.717, 1.165) is 25.9 Å². The van der Waals surface area contributed by atoms with E-state index in [1.54, 1.807) is 0 Å². The number of likely N-dealkylation sites (tertiary alicyclic amines) is 2. The number of piperidine rings is 1. The van der Waals surface area contributed by atoms with Gasteiger partial charge in [-0.25, -0.2) is 0 Å². The molecule has 14 heavy (non-hydrogen) atoms. The summed E-state index contributed by atoms with van der Waals surface area (Å²) in [6.07, 6.45) is 2.31. The van der Waals surface area contributed by atoms with E-state index in [1.807, 2.05) is 4.90 Å². The van der Waals surface area contributed by atoms with Crippen molar-refractivity contribution < 1.29 is 4.79 Å². The second kappa shape index (κ2) is 3.51. The van der Waals surface area contributed by atoms with Crippen LogP contribution in [0.1, 0.15) is 12.8 Å². The number of amides is 1. The molecule has 0 aromatic heterocycles. The number of hydrogen-bond acceptors (Lipinski definition) is 3. The van der Waals surface area contributed by atoms with E-state index in [0.29, 0.717) is 5.41 Å². The van der Waals surface area contributed by atoms with Crippen LogP contribution in [0.25, 0.3) is 0 Å². The van der Waals surface area contributed by atoms with Gasteiger partial charge in [-0.3, -0.25) is 4.79 Å². The lowest BCUT2D eigenvalue weighted by Crippen LogP contribution is -2.59. The third-order valence-corrected chi connectivity index (χ3v) is 3.56. The summed E-state index contributed by atoms with van der Waals surface area (Å²) in [6, 6.07) is 0. The summed E-state index contributed by atoms with van der Waals surface area (Å²) in [6.45, 7) is 4.38. The molecule has 2 N–H and O–H groups in total. The molecule has 0 bridgehead atoms. The maximum Gasteiger partial charge on any atom is 0.236 e. The van der Waals surface area contributed by atoms with Crippen LogP contribution in [-0.4, -0.2) is 55.5 Å². The van der Waals surface area contributed by atoms with Crippen molar-refractivity contribution in [1.82, 2.24) is 9.80 Å². The number of nitrogens with two attached hydrogens (primary N) is 1. The fourth-order valence-electron chi connectivity index (χ4n) is 2.77. The second-order valence-electron chi connectivity index (χ2n) is 4.76. The van der Waals surface area contributed by atoms with Gasteiger partial charge in [0.1, 0.15) is 0 Å². The lowest BCUT2D eigenvalue weighted by molar-refractivity contribution is -0.134. The molecule has 2 aliphatic rings. The molecule has 2 heterocycles. The van der Waals surface area contributed by atoms with Crippen LogP contribution >= 0.6 is 0 Å². The minimum Gasteiger partial charge on any atom is -0.342 e. The molecular weight excluding hydrogens is 178 g/mol. The molecule has 0 atom stereocenters. The molecule has 2 saturated heterocycles. The smallest absolute Gasteiger partial charge is 0.236 e. The molecule has 0 aliphatic carbocycles. The first-order valence-electron chi connectivity index (χ1n) is 5.32. The standard InChI is InChI=1S/C10H19N3O/c1-12-7-10(8-12)2-4-13(5-3-10)9(14)6-11/h2-8,11H2,1H3. The van der Waals surface area contributed by atoms with E-state index in [-0.39, 0.29) is 12.5 Å². The zero-order chi connectivity index (χ0) is 10.2. The van der Waals surface area contributed by atoms with Crippen molar-refractivity contribution in [2.75, 3.05) is 39.8 Å². The van der Waals surface area contributed by atoms with Gasteiger partial charge in [0.25, 0.3) is 0 Å². The number of carbonyl (C=O) groups is 1. The van der Waals surface area contributed by atoms with Crippen LogP contribution < -0.4 is 5.73 Å². The first-order chi connectivity index (χ1) is 6.65. The van der Waals surface area contributed by atoms with Gasteiger partial charge in [-0.15, -0.1) is 0 Å². The van der Waals surface area contributed by atoms with Gasteiger partial charge < -0.3 is 15.5 Å². The Balaban J connectivity index is 1.84. The zero-order valence-electron chi connectivity index (χ0n) is 8.83. The van der Waals surface area contributed by atoms with Crippen molar-refractivity contribution in [2.24, 2.45) is 11.1 Å². The first kappa shape index (κ1) is 9.93. The van der Waals surface area contributed by atoms with E-state index in [9.17, 15) is 4.79 Å². The Hall–Kier alpha value is -0.610. The number of hydrogen-bond donors (Lipinski definition) is 1. The fourth-order valence-corrected chi connectivity index (χ4v) is 2.77. The first-order valence-corrected chi connectivity index (χ1v) is 5.32. The van der Waals surface area contributed by atoms with Gasteiger partial charge in [0, 0.05) is 26.2 Å².